The molecule has 8 N–H and O–H groups in total. The normalized spacial score (nSPS) is 52.0. The van der Waals surface area contributed by atoms with Crippen molar-refractivity contribution in [2.24, 2.45) is 56.7 Å². The summed E-state index contributed by atoms with van der Waals surface area (Å²) in [4.78, 5) is 41.4. The minimum atomic E-state index is -1.76. The van der Waals surface area contributed by atoms with Gasteiger partial charge in [-0.15, -0.1) is 0 Å². The maximum Gasteiger partial charge on any atom is 0.315 e. The molecule has 2 saturated heterocycles. The number of ether oxygens (including phenoxy) is 4. The number of rotatable bonds is 7. The number of hydrogen-bond donors (Lipinski definition) is 8. The summed E-state index contributed by atoms with van der Waals surface area (Å²) in [6, 6.07) is 0. The van der Waals surface area contributed by atoms with Crippen molar-refractivity contribution in [2.45, 2.75) is 161 Å². The fourth-order valence-corrected chi connectivity index (χ4v) is 13.8. The third kappa shape index (κ3) is 6.06. The number of allylic oxidation sites excluding steroid dienone is 1. The van der Waals surface area contributed by atoms with Gasteiger partial charge in [0.05, 0.1) is 30.1 Å². The maximum atomic E-state index is 14.6. The molecule has 0 spiro atoms. The van der Waals surface area contributed by atoms with Crippen LogP contribution in [0.1, 0.15) is 99.3 Å². The van der Waals surface area contributed by atoms with Crippen LogP contribution in [0.2, 0.25) is 0 Å². The molecule has 322 valence electrons. The fourth-order valence-electron chi connectivity index (χ4n) is 13.8. The van der Waals surface area contributed by atoms with Gasteiger partial charge in [0.15, 0.2) is 18.2 Å². The zero-order chi connectivity index (χ0) is 41.8. The van der Waals surface area contributed by atoms with Crippen molar-refractivity contribution in [2.75, 3.05) is 13.2 Å². The van der Waals surface area contributed by atoms with Crippen LogP contribution in [0.15, 0.2) is 11.6 Å². The van der Waals surface area contributed by atoms with Crippen molar-refractivity contribution in [3.63, 3.8) is 0 Å². The van der Waals surface area contributed by atoms with Crippen LogP contribution in [-0.4, -0.2) is 133 Å². The van der Waals surface area contributed by atoms with Gasteiger partial charge in [0.1, 0.15) is 36.6 Å². The van der Waals surface area contributed by atoms with E-state index in [0.29, 0.717) is 44.9 Å². The average molecular weight is 809 g/mol. The van der Waals surface area contributed by atoms with Crippen LogP contribution in [0, 0.1) is 56.7 Å². The molecule has 15 nitrogen and oxygen atoms in total. The Hall–Kier alpha value is -2.05. The molecule has 15 heteroatoms. The van der Waals surface area contributed by atoms with E-state index in [1.54, 1.807) is 0 Å². The Balaban J connectivity index is 1.21. The van der Waals surface area contributed by atoms with E-state index < -0.39 is 120 Å². The third-order valence-electron chi connectivity index (χ3n) is 17.2. The van der Waals surface area contributed by atoms with Crippen molar-refractivity contribution >= 4 is 17.7 Å². The van der Waals surface area contributed by atoms with Gasteiger partial charge in [0.25, 0.3) is 0 Å². The zero-order valence-corrected chi connectivity index (χ0v) is 34.0. The van der Waals surface area contributed by atoms with E-state index in [4.69, 9.17) is 18.9 Å². The number of fused-ring (bicyclic) bond motifs is 7. The van der Waals surface area contributed by atoms with Crippen molar-refractivity contribution in [1.29, 1.82) is 0 Å². The SMILES string of the molecule is CC1CCC2(C(=O)OC3OC(CO)C(O)C(O)C3O)CCC3(C(=O)O)C(=CCC4C5(C)CCC(OC6OC(CO)C(O)C(=O)C6O)C(C)(C)C5CCC43C)C2C1C. The monoisotopic (exact) mass is 808 g/mol. The molecule has 57 heavy (non-hydrogen) atoms. The van der Waals surface area contributed by atoms with E-state index in [0.717, 1.165) is 5.57 Å². The minimum absolute atomic E-state index is 0.0549. The Kier molecular flexibility index (Phi) is 11.2. The van der Waals surface area contributed by atoms with Gasteiger partial charge in [-0.1, -0.05) is 53.2 Å². The first kappa shape index (κ1) is 43.1. The lowest BCUT2D eigenvalue weighted by Crippen LogP contribution is -2.68. The van der Waals surface area contributed by atoms with E-state index in [2.05, 4.69) is 47.6 Å². The maximum absolute atomic E-state index is 14.6. The van der Waals surface area contributed by atoms with Crippen LogP contribution in [0.25, 0.3) is 0 Å². The highest BCUT2D eigenvalue weighted by molar-refractivity contribution is 5.88. The number of carboxylic acid groups (broad SMARTS) is 1. The quantitative estimate of drug-likeness (QED) is 0.103. The molecule has 0 aromatic carbocycles. The number of aliphatic hydroxyl groups excluding tert-OH is 7. The summed E-state index contributed by atoms with van der Waals surface area (Å²) in [6.45, 7) is 11.5. The van der Waals surface area contributed by atoms with Gasteiger partial charge in [-0.05, 0) is 104 Å². The van der Waals surface area contributed by atoms with Crippen LogP contribution in [0.5, 0.6) is 0 Å². The molecule has 4 saturated carbocycles. The molecule has 0 bridgehead atoms. The highest BCUT2D eigenvalue weighted by atomic mass is 16.7. The second-order valence-electron chi connectivity index (χ2n) is 19.8. The largest absolute Gasteiger partial charge is 0.481 e. The summed E-state index contributed by atoms with van der Waals surface area (Å²) in [5, 5.41) is 83.6. The zero-order valence-electron chi connectivity index (χ0n) is 34.0. The number of carboxylic acids is 1. The van der Waals surface area contributed by atoms with Gasteiger partial charge in [-0.25, -0.2) is 0 Å². The number of hydrogen-bond acceptors (Lipinski definition) is 14. The molecule has 5 aliphatic carbocycles. The van der Waals surface area contributed by atoms with E-state index in [9.17, 15) is 55.2 Å². The minimum Gasteiger partial charge on any atom is -0.481 e. The topological polar surface area (TPSA) is 250 Å². The van der Waals surface area contributed by atoms with Crippen molar-refractivity contribution < 1.29 is 74.2 Å². The number of Topliss-reactive ketones (excluding diaryl/α,β-unsaturated/α-hetero) is 1. The predicted octanol–water partition coefficient (Wildman–Crippen LogP) is 1.45. The Morgan fingerprint density at radius 1 is 0.789 bits per heavy atom. The van der Waals surface area contributed by atoms with Crippen LogP contribution < -0.4 is 0 Å². The second kappa shape index (κ2) is 14.8. The number of ketones is 1. The summed E-state index contributed by atoms with van der Waals surface area (Å²) in [7, 11) is 0. The lowest BCUT2D eigenvalue weighted by Gasteiger charge is -2.70. The molecular weight excluding hydrogens is 744 g/mol. The molecule has 6 fully saturated rings. The highest BCUT2D eigenvalue weighted by Crippen LogP contribution is 2.76. The number of aliphatic hydroxyl groups is 7. The molecule has 0 aromatic heterocycles. The van der Waals surface area contributed by atoms with E-state index in [1.165, 1.54) is 0 Å². The highest BCUT2D eigenvalue weighted by Gasteiger charge is 2.74. The van der Waals surface area contributed by atoms with Gasteiger partial charge < -0.3 is 59.8 Å². The summed E-state index contributed by atoms with van der Waals surface area (Å²) in [5.41, 5.74) is -3.20. The molecule has 0 radical (unpaired) electrons. The Morgan fingerprint density at radius 3 is 2.11 bits per heavy atom. The van der Waals surface area contributed by atoms with Crippen molar-refractivity contribution in [3.8, 4) is 0 Å². The lowest BCUT2D eigenvalue weighted by molar-refractivity contribution is -0.299. The standard InChI is InChI=1S/C42H64O15/c1-19-9-14-41(37(53)57-35-33(50)31(48)29(46)23(18-44)55-35)15-16-42(36(51)52)21(27(41)20(19)2)7-8-25-39(5)12-11-26(38(3,4)24(39)10-13-40(25,42)6)56-34-32(49)30(47)28(45)22(17-43)54-34/h7,19-20,22-29,31-35,43-46,48-50H,8-18H2,1-6H3,(H,51,52). The van der Waals surface area contributed by atoms with E-state index in [-0.39, 0.29) is 41.9 Å². The van der Waals surface area contributed by atoms with Crippen molar-refractivity contribution in [1.82, 2.24) is 0 Å². The molecule has 7 aliphatic rings. The van der Waals surface area contributed by atoms with Crippen LogP contribution in [0.4, 0.5) is 0 Å². The Morgan fingerprint density at radius 2 is 1.46 bits per heavy atom. The molecule has 2 heterocycles. The number of carbonyl (C=O) groups is 3. The Labute approximate surface area is 333 Å². The van der Waals surface area contributed by atoms with Gasteiger partial charge in [-0.2, -0.15) is 0 Å². The smallest absolute Gasteiger partial charge is 0.315 e. The second-order valence-corrected chi connectivity index (χ2v) is 19.8. The first-order chi connectivity index (χ1) is 26.7. The van der Waals surface area contributed by atoms with Gasteiger partial charge in [0, 0.05) is 0 Å². The summed E-state index contributed by atoms with van der Waals surface area (Å²) >= 11 is 0. The molecular formula is C42H64O15. The van der Waals surface area contributed by atoms with E-state index >= 15 is 0 Å². The molecule has 2 aliphatic heterocycles. The molecule has 0 amide bonds. The first-order valence-corrected chi connectivity index (χ1v) is 20.9. The molecule has 19 unspecified atom stereocenters. The van der Waals surface area contributed by atoms with Gasteiger partial charge in [0.2, 0.25) is 6.29 Å². The molecule has 19 atom stereocenters. The van der Waals surface area contributed by atoms with Crippen LogP contribution in [0.3, 0.4) is 0 Å². The first-order valence-electron chi connectivity index (χ1n) is 20.9. The van der Waals surface area contributed by atoms with Crippen LogP contribution in [-0.2, 0) is 33.3 Å². The summed E-state index contributed by atoms with van der Waals surface area (Å²) < 4.78 is 23.6. The average Bonchev–Trinajstić information content (AvgIpc) is 3.16. The molecule has 0 aromatic rings. The summed E-state index contributed by atoms with van der Waals surface area (Å²) in [5.74, 6) is -2.83. The predicted molar refractivity (Wildman–Crippen MR) is 198 cm³/mol. The van der Waals surface area contributed by atoms with Crippen molar-refractivity contribution in [3.05, 3.63) is 11.6 Å². The molecule has 7 rings (SSSR count). The van der Waals surface area contributed by atoms with E-state index in [1.807, 2.05) is 0 Å². The van der Waals surface area contributed by atoms with Gasteiger partial charge >= 0.3 is 11.9 Å². The number of carbonyl (C=O) groups excluding carboxylic acids is 2. The number of aliphatic carboxylic acids is 1. The summed E-state index contributed by atoms with van der Waals surface area (Å²) in [6.07, 6.45) is -7.61. The fraction of sp³-hybridized carbons (Fsp3) is 0.881. The third-order valence-corrected chi connectivity index (χ3v) is 17.2. The number of esters is 1. The lowest BCUT2D eigenvalue weighted by atomic mass is 9.33. The van der Waals surface area contributed by atoms with Gasteiger partial charge in [-0.3, -0.25) is 14.4 Å². The Bertz CT molecular complexity index is 1610. The van der Waals surface area contributed by atoms with Crippen LogP contribution >= 0.6 is 0 Å².